The molecule has 2 aromatic heterocycles. The van der Waals surface area contributed by atoms with Crippen molar-refractivity contribution in [3.05, 3.63) is 30.4 Å². The van der Waals surface area contributed by atoms with Gasteiger partial charge >= 0.3 is 0 Å². The first-order valence-corrected chi connectivity index (χ1v) is 10.3. The van der Waals surface area contributed by atoms with Crippen molar-refractivity contribution in [3.63, 3.8) is 0 Å². The molecule has 0 radical (unpaired) electrons. The minimum absolute atomic E-state index is 0.286. The van der Waals surface area contributed by atoms with E-state index in [1.165, 1.54) is 12.8 Å². The summed E-state index contributed by atoms with van der Waals surface area (Å²) in [4.78, 5) is 28.3. The Bertz CT molecular complexity index is 776. The highest BCUT2D eigenvalue weighted by molar-refractivity contribution is 5.78. The van der Waals surface area contributed by atoms with Crippen LogP contribution >= 0.6 is 0 Å². The molecule has 2 aliphatic rings. The minimum atomic E-state index is 0.286. The van der Waals surface area contributed by atoms with Crippen molar-refractivity contribution in [2.45, 2.75) is 32.6 Å². The fraction of sp³-hybridized carbons (Fsp3) is 0.600. The van der Waals surface area contributed by atoms with Crippen LogP contribution in [0.4, 0.5) is 5.82 Å². The molecule has 0 spiro atoms. The number of piperazine rings is 1. The van der Waals surface area contributed by atoms with Crippen molar-refractivity contribution in [2.24, 2.45) is 0 Å². The zero-order valence-corrected chi connectivity index (χ0v) is 16.6. The Labute approximate surface area is 166 Å². The summed E-state index contributed by atoms with van der Waals surface area (Å²) < 4.78 is 1.76. The number of nitrogens with zero attached hydrogens (tertiary/aromatic N) is 7. The molecule has 2 aromatic rings. The first-order valence-electron chi connectivity index (χ1n) is 10.3. The van der Waals surface area contributed by atoms with Gasteiger partial charge in [-0.1, -0.05) is 12.8 Å². The molecule has 0 aromatic carbocycles. The summed E-state index contributed by atoms with van der Waals surface area (Å²) in [5.41, 5.74) is 0. The lowest BCUT2D eigenvalue weighted by Gasteiger charge is -2.36. The fourth-order valence-corrected chi connectivity index (χ4v) is 3.97. The number of hydrogen-bond donors (Lipinski definition) is 0. The smallest absolute Gasteiger partial charge is 0.236 e. The van der Waals surface area contributed by atoms with Crippen LogP contribution in [0.15, 0.2) is 24.5 Å². The predicted octanol–water partition coefficient (Wildman–Crippen LogP) is 1.50. The van der Waals surface area contributed by atoms with Crippen LogP contribution in [0.3, 0.4) is 0 Å². The number of rotatable bonds is 4. The first kappa shape index (κ1) is 18.9. The molecule has 0 saturated carbocycles. The molecule has 28 heavy (non-hydrogen) atoms. The van der Waals surface area contributed by atoms with E-state index >= 15 is 0 Å². The van der Waals surface area contributed by atoms with Gasteiger partial charge in [-0.2, -0.15) is 5.10 Å². The van der Waals surface area contributed by atoms with Crippen molar-refractivity contribution < 1.29 is 4.79 Å². The number of amides is 1. The zero-order chi connectivity index (χ0) is 19.3. The van der Waals surface area contributed by atoms with E-state index in [1.54, 1.807) is 10.9 Å². The van der Waals surface area contributed by atoms with E-state index in [9.17, 15) is 4.79 Å². The summed E-state index contributed by atoms with van der Waals surface area (Å²) >= 11 is 0. The van der Waals surface area contributed by atoms with Gasteiger partial charge in [-0.05, 0) is 25.8 Å². The Balaban J connectivity index is 1.34. The summed E-state index contributed by atoms with van der Waals surface area (Å²) in [6.45, 7) is 7.77. The highest BCUT2D eigenvalue weighted by Crippen LogP contribution is 2.17. The largest absolute Gasteiger partial charge is 0.354 e. The van der Waals surface area contributed by atoms with Gasteiger partial charge < -0.3 is 9.80 Å². The standard InChI is InChI=1S/C20H29N7O/c1-17-22-18(15-19(23-17)27-10-6-7-21-27)25-13-11-24(12-14-25)16-20(28)26-8-4-2-3-5-9-26/h6-7,10,15H,2-5,8-9,11-14,16H2,1H3. The van der Waals surface area contributed by atoms with E-state index in [2.05, 4.69) is 29.8 Å². The van der Waals surface area contributed by atoms with Crippen LogP contribution in [0.25, 0.3) is 5.82 Å². The van der Waals surface area contributed by atoms with Crippen LogP contribution in [0, 0.1) is 6.92 Å². The van der Waals surface area contributed by atoms with Crippen LogP contribution in [0.5, 0.6) is 0 Å². The van der Waals surface area contributed by atoms with Gasteiger partial charge in [-0.25, -0.2) is 14.6 Å². The van der Waals surface area contributed by atoms with Crippen LogP contribution in [-0.4, -0.2) is 81.3 Å². The molecule has 4 rings (SSSR count). The average Bonchev–Trinajstić information content (AvgIpc) is 3.10. The van der Waals surface area contributed by atoms with Gasteiger partial charge in [0.25, 0.3) is 0 Å². The normalized spacial score (nSPS) is 18.9. The van der Waals surface area contributed by atoms with Crippen LogP contribution in [-0.2, 0) is 4.79 Å². The summed E-state index contributed by atoms with van der Waals surface area (Å²) in [5, 5.41) is 4.27. The molecule has 0 N–H and O–H groups in total. The summed E-state index contributed by atoms with van der Waals surface area (Å²) in [6, 6.07) is 3.87. The molecule has 2 aliphatic heterocycles. The van der Waals surface area contributed by atoms with E-state index < -0.39 is 0 Å². The number of carbonyl (C=O) groups excluding carboxylic acids is 1. The number of likely N-dealkylation sites (tertiary alicyclic amines) is 1. The quantitative estimate of drug-likeness (QED) is 0.797. The lowest BCUT2D eigenvalue weighted by Crippen LogP contribution is -2.50. The van der Waals surface area contributed by atoms with E-state index in [0.717, 1.165) is 69.6 Å². The maximum atomic E-state index is 12.6. The monoisotopic (exact) mass is 383 g/mol. The lowest BCUT2D eigenvalue weighted by molar-refractivity contribution is -0.132. The van der Waals surface area contributed by atoms with Gasteiger partial charge in [0, 0.05) is 57.7 Å². The Morgan fingerprint density at radius 2 is 1.68 bits per heavy atom. The van der Waals surface area contributed by atoms with Gasteiger partial charge in [-0.3, -0.25) is 9.69 Å². The molecular formula is C20H29N7O. The second-order valence-electron chi connectivity index (χ2n) is 7.64. The van der Waals surface area contributed by atoms with Gasteiger partial charge in [0.05, 0.1) is 6.54 Å². The van der Waals surface area contributed by atoms with Crippen molar-refractivity contribution in [2.75, 3.05) is 50.7 Å². The Kier molecular flexibility index (Phi) is 5.85. The van der Waals surface area contributed by atoms with Crippen LogP contribution < -0.4 is 4.90 Å². The van der Waals surface area contributed by atoms with Gasteiger partial charge in [0.15, 0.2) is 5.82 Å². The molecule has 2 fully saturated rings. The number of anilines is 1. The number of aromatic nitrogens is 4. The van der Waals surface area contributed by atoms with Crippen LogP contribution in [0.2, 0.25) is 0 Å². The van der Waals surface area contributed by atoms with Gasteiger partial charge in [-0.15, -0.1) is 0 Å². The molecule has 150 valence electrons. The number of hydrogen-bond acceptors (Lipinski definition) is 6. The third-order valence-corrected chi connectivity index (χ3v) is 5.56. The first-order chi connectivity index (χ1) is 13.7. The molecule has 0 unspecified atom stereocenters. The number of aryl methyl sites for hydroxylation is 1. The van der Waals surface area contributed by atoms with Crippen molar-refractivity contribution in [3.8, 4) is 5.82 Å². The molecule has 4 heterocycles. The summed E-state index contributed by atoms with van der Waals surface area (Å²) in [6.07, 6.45) is 8.42. The molecule has 1 amide bonds. The summed E-state index contributed by atoms with van der Waals surface area (Å²) in [5.74, 6) is 2.73. The Hall–Kier alpha value is -2.48. The van der Waals surface area contributed by atoms with Crippen molar-refractivity contribution >= 4 is 11.7 Å². The zero-order valence-electron chi connectivity index (χ0n) is 16.6. The Morgan fingerprint density at radius 1 is 0.964 bits per heavy atom. The third-order valence-electron chi connectivity index (χ3n) is 5.56. The maximum Gasteiger partial charge on any atom is 0.236 e. The molecule has 0 bridgehead atoms. The van der Waals surface area contributed by atoms with Gasteiger partial charge in [0.2, 0.25) is 5.91 Å². The topological polar surface area (TPSA) is 70.4 Å². The Morgan fingerprint density at radius 3 is 2.36 bits per heavy atom. The van der Waals surface area contributed by atoms with Crippen LogP contribution in [0.1, 0.15) is 31.5 Å². The molecule has 2 saturated heterocycles. The molecule has 0 atom stereocenters. The number of carbonyl (C=O) groups is 1. The molecule has 0 aliphatic carbocycles. The van der Waals surface area contributed by atoms with E-state index in [-0.39, 0.29) is 5.91 Å². The molecule has 8 heteroatoms. The fourth-order valence-electron chi connectivity index (χ4n) is 3.97. The molecular weight excluding hydrogens is 354 g/mol. The SMILES string of the molecule is Cc1nc(N2CCN(CC(=O)N3CCCCCC3)CC2)cc(-n2cccn2)n1. The summed E-state index contributed by atoms with van der Waals surface area (Å²) in [7, 11) is 0. The van der Waals surface area contributed by atoms with E-state index in [4.69, 9.17) is 0 Å². The average molecular weight is 384 g/mol. The van der Waals surface area contributed by atoms with E-state index in [0.29, 0.717) is 6.54 Å². The van der Waals surface area contributed by atoms with Gasteiger partial charge in [0.1, 0.15) is 11.6 Å². The molecule has 8 nitrogen and oxygen atoms in total. The maximum absolute atomic E-state index is 12.6. The minimum Gasteiger partial charge on any atom is -0.354 e. The second kappa shape index (κ2) is 8.68. The van der Waals surface area contributed by atoms with E-state index in [1.807, 2.05) is 25.3 Å². The van der Waals surface area contributed by atoms with Crippen molar-refractivity contribution in [1.82, 2.24) is 29.5 Å². The highest BCUT2D eigenvalue weighted by atomic mass is 16.2. The second-order valence-corrected chi connectivity index (χ2v) is 7.64. The highest BCUT2D eigenvalue weighted by Gasteiger charge is 2.23. The predicted molar refractivity (Wildman–Crippen MR) is 108 cm³/mol. The third kappa shape index (κ3) is 4.49. The lowest BCUT2D eigenvalue weighted by atomic mass is 10.2. The van der Waals surface area contributed by atoms with Crippen molar-refractivity contribution in [1.29, 1.82) is 0 Å².